The molecular formula is C16H12F6N6. The molecule has 0 aliphatic rings. The highest BCUT2D eigenvalue weighted by molar-refractivity contribution is 5.58. The van der Waals surface area contributed by atoms with Crippen LogP contribution >= 0.6 is 0 Å². The molecule has 0 bridgehead atoms. The van der Waals surface area contributed by atoms with Crippen LogP contribution in [0.5, 0.6) is 0 Å². The Balaban J connectivity index is 1.96. The van der Waals surface area contributed by atoms with E-state index in [0.29, 0.717) is 5.69 Å². The van der Waals surface area contributed by atoms with Crippen molar-refractivity contribution < 1.29 is 26.3 Å². The maximum Gasteiger partial charge on any atom is 0.435 e. The van der Waals surface area contributed by atoms with Gasteiger partial charge in [-0.15, -0.1) is 0 Å². The van der Waals surface area contributed by atoms with Gasteiger partial charge in [-0.1, -0.05) is 0 Å². The molecule has 148 valence electrons. The van der Waals surface area contributed by atoms with Gasteiger partial charge in [-0.05, 0) is 25.1 Å². The van der Waals surface area contributed by atoms with Crippen molar-refractivity contribution in [3.8, 4) is 11.5 Å². The zero-order valence-electron chi connectivity index (χ0n) is 14.4. The topological polar surface area (TPSA) is 68.5 Å². The molecule has 0 aromatic carbocycles. The predicted molar refractivity (Wildman–Crippen MR) is 86.5 cm³/mol. The Morgan fingerprint density at radius 1 is 0.929 bits per heavy atom. The van der Waals surface area contributed by atoms with E-state index >= 15 is 0 Å². The maximum absolute atomic E-state index is 12.8. The molecule has 0 atom stereocenters. The fourth-order valence-corrected chi connectivity index (χ4v) is 2.37. The summed E-state index contributed by atoms with van der Waals surface area (Å²) >= 11 is 0. The number of pyridine rings is 1. The molecule has 0 saturated carbocycles. The van der Waals surface area contributed by atoms with Crippen LogP contribution in [0.1, 0.15) is 17.0 Å². The second-order valence-electron chi connectivity index (χ2n) is 5.81. The van der Waals surface area contributed by atoms with Crippen LogP contribution in [0.15, 0.2) is 30.5 Å². The Kier molecular flexibility index (Phi) is 4.73. The van der Waals surface area contributed by atoms with Crippen LogP contribution in [0.4, 0.5) is 38.0 Å². The minimum absolute atomic E-state index is 0.00363. The van der Waals surface area contributed by atoms with Gasteiger partial charge < -0.3 is 5.32 Å². The van der Waals surface area contributed by atoms with Gasteiger partial charge >= 0.3 is 12.4 Å². The summed E-state index contributed by atoms with van der Waals surface area (Å²) in [6.45, 7) is 1.57. The molecule has 3 rings (SSSR count). The molecule has 0 aliphatic carbocycles. The summed E-state index contributed by atoms with van der Waals surface area (Å²) in [4.78, 5) is 12.0. The first-order valence-corrected chi connectivity index (χ1v) is 7.71. The van der Waals surface area contributed by atoms with Crippen molar-refractivity contribution in [2.75, 3.05) is 5.32 Å². The van der Waals surface area contributed by atoms with Crippen LogP contribution in [0.25, 0.3) is 11.5 Å². The van der Waals surface area contributed by atoms with Crippen LogP contribution in [0.3, 0.4) is 0 Å². The van der Waals surface area contributed by atoms with Crippen molar-refractivity contribution in [3.63, 3.8) is 0 Å². The number of nitrogens with one attached hydrogen (secondary N) is 1. The lowest BCUT2D eigenvalue weighted by atomic mass is 10.2. The minimum atomic E-state index is -4.64. The summed E-state index contributed by atoms with van der Waals surface area (Å²) in [6, 6.07) is 3.83. The van der Waals surface area contributed by atoms with E-state index in [2.05, 4.69) is 25.4 Å². The summed E-state index contributed by atoms with van der Waals surface area (Å²) in [5.41, 5.74) is -1.63. The van der Waals surface area contributed by atoms with E-state index < -0.39 is 23.6 Å². The molecule has 0 fully saturated rings. The van der Waals surface area contributed by atoms with E-state index in [-0.39, 0.29) is 23.2 Å². The summed E-state index contributed by atoms with van der Waals surface area (Å²) in [6.07, 6.45) is -8.20. The van der Waals surface area contributed by atoms with Gasteiger partial charge in [0.25, 0.3) is 0 Å². The van der Waals surface area contributed by atoms with Gasteiger partial charge in [0.1, 0.15) is 17.3 Å². The molecule has 3 aromatic rings. The first kappa shape index (κ1) is 19.6. The number of halogens is 6. The summed E-state index contributed by atoms with van der Waals surface area (Å²) in [5.74, 6) is -0.121. The van der Waals surface area contributed by atoms with E-state index in [4.69, 9.17) is 0 Å². The summed E-state index contributed by atoms with van der Waals surface area (Å²) in [7, 11) is 1.30. The lowest BCUT2D eigenvalue weighted by molar-refractivity contribution is -0.141. The smallest absolute Gasteiger partial charge is 0.325 e. The van der Waals surface area contributed by atoms with E-state index in [1.807, 2.05) is 0 Å². The van der Waals surface area contributed by atoms with Crippen molar-refractivity contribution in [2.45, 2.75) is 19.3 Å². The second-order valence-corrected chi connectivity index (χ2v) is 5.81. The molecule has 1 N–H and O–H groups in total. The third kappa shape index (κ3) is 4.21. The zero-order chi connectivity index (χ0) is 20.7. The molecule has 28 heavy (non-hydrogen) atoms. The van der Waals surface area contributed by atoms with Gasteiger partial charge in [0.05, 0.1) is 5.56 Å². The third-order valence-corrected chi connectivity index (χ3v) is 3.60. The number of rotatable bonds is 3. The Bertz CT molecular complexity index is 1010. The second kappa shape index (κ2) is 6.77. The maximum atomic E-state index is 12.8. The molecule has 0 aliphatic heterocycles. The Morgan fingerprint density at radius 2 is 1.64 bits per heavy atom. The third-order valence-electron chi connectivity index (χ3n) is 3.60. The largest absolute Gasteiger partial charge is 0.435 e. The van der Waals surface area contributed by atoms with E-state index in [1.165, 1.54) is 13.1 Å². The quantitative estimate of drug-likeness (QED) is 0.660. The number of aryl methyl sites for hydroxylation is 2. The molecule has 0 amide bonds. The van der Waals surface area contributed by atoms with Crippen molar-refractivity contribution in [1.82, 2.24) is 24.7 Å². The van der Waals surface area contributed by atoms with Crippen molar-refractivity contribution in [2.24, 2.45) is 7.05 Å². The lowest BCUT2D eigenvalue weighted by Gasteiger charge is -2.10. The molecule has 0 radical (unpaired) electrons. The number of alkyl halides is 6. The minimum Gasteiger partial charge on any atom is -0.325 e. The predicted octanol–water partition coefficient (Wildman–Crippen LogP) is 4.36. The van der Waals surface area contributed by atoms with Gasteiger partial charge in [-0.25, -0.2) is 15.0 Å². The Hall–Kier alpha value is -3.18. The SMILES string of the molecule is Cc1cc(Nc2cc(C(F)(F)F)ccn2)nc(-c2cc(C(F)(F)F)nn2C)n1. The highest BCUT2D eigenvalue weighted by Gasteiger charge is 2.35. The molecule has 0 spiro atoms. The van der Waals surface area contributed by atoms with Crippen molar-refractivity contribution in [1.29, 1.82) is 0 Å². The molecule has 3 heterocycles. The van der Waals surface area contributed by atoms with E-state index in [0.717, 1.165) is 29.1 Å². The average molecular weight is 402 g/mol. The standard InChI is InChI=1S/C16H12F6N6/c1-8-5-13(25-12-6-9(3-4-23-12)15(17,18)19)26-14(24-8)10-7-11(16(20,21)22)27-28(10)2/h3-7H,1-2H3,(H,23,24,25,26). The van der Waals surface area contributed by atoms with Gasteiger partial charge in [-0.3, -0.25) is 4.68 Å². The monoisotopic (exact) mass is 402 g/mol. The molecular weight excluding hydrogens is 390 g/mol. The number of anilines is 2. The van der Waals surface area contributed by atoms with Gasteiger partial charge in [0.15, 0.2) is 11.5 Å². The highest BCUT2D eigenvalue weighted by atomic mass is 19.4. The summed E-state index contributed by atoms with van der Waals surface area (Å²) < 4.78 is 78.0. The Labute approximate surface area is 154 Å². The first-order chi connectivity index (χ1) is 12.9. The number of hydrogen-bond acceptors (Lipinski definition) is 5. The Morgan fingerprint density at radius 3 is 2.25 bits per heavy atom. The van der Waals surface area contributed by atoms with Crippen LogP contribution in [0.2, 0.25) is 0 Å². The highest BCUT2D eigenvalue weighted by Crippen LogP contribution is 2.32. The van der Waals surface area contributed by atoms with Gasteiger partial charge in [-0.2, -0.15) is 31.4 Å². The molecule has 0 unspecified atom stereocenters. The fourth-order valence-electron chi connectivity index (χ4n) is 2.37. The number of nitrogens with zero attached hydrogens (tertiary/aromatic N) is 5. The van der Waals surface area contributed by atoms with Crippen LogP contribution in [-0.4, -0.2) is 24.7 Å². The van der Waals surface area contributed by atoms with E-state index in [9.17, 15) is 26.3 Å². The fraction of sp³-hybridized carbons (Fsp3) is 0.250. The summed E-state index contributed by atoms with van der Waals surface area (Å²) in [5, 5.41) is 6.00. The lowest BCUT2D eigenvalue weighted by Crippen LogP contribution is -2.07. The van der Waals surface area contributed by atoms with Crippen LogP contribution in [-0.2, 0) is 19.4 Å². The molecule has 0 saturated heterocycles. The average Bonchev–Trinajstić information content (AvgIpc) is 2.96. The van der Waals surface area contributed by atoms with Crippen LogP contribution in [0, 0.1) is 6.92 Å². The molecule has 12 heteroatoms. The van der Waals surface area contributed by atoms with Crippen LogP contribution < -0.4 is 5.32 Å². The van der Waals surface area contributed by atoms with Gasteiger partial charge in [0.2, 0.25) is 0 Å². The van der Waals surface area contributed by atoms with E-state index in [1.54, 1.807) is 6.92 Å². The number of hydrogen-bond donors (Lipinski definition) is 1. The normalized spacial score (nSPS) is 12.3. The number of aromatic nitrogens is 5. The molecule has 3 aromatic heterocycles. The van der Waals surface area contributed by atoms with Crippen molar-refractivity contribution in [3.05, 3.63) is 47.4 Å². The van der Waals surface area contributed by atoms with Gasteiger partial charge in [0, 0.05) is 25.0 Å². The molecule has 6 nitrogen and oxygen atoms in total. The zero-order valence-corrected chi connectivity index (χ0v) is 14.4. The first-order valence-electron chi connectivity index (χ1n) is 7.71. The van der Waals surface area contributed by atoms with Crippen molar-refractivity contribution >= 4 is 11.6 Å².